The number of hydrogen-bond donors (Lipinski definition) is 2. The van der Waals surface area contributed by atoms with Crippen LogP contribution in [0.3, 0.4) is 0 Å². The van der Waals surface area contributed by atoms with Crippen LogP contribution >= 0.6 is 0 Å². The topological polar surface area (TPSA) is 97.8 Å². The summed E-state index contributed by atoms with van der Waals surface area (Å²) in [5.41, 5.74) is 1.99. The van der Waals surface area contributed by atoms with Gasteiger partial charge in [-0.1, -0.05) is 12.1 Å². The summed E-state index contributed by atoms with van der Waals surface area (Å²) in [6.45, 7) is 3.80. The molecule has 0 aliphatic carbocycles. The maximum atomic E-state index is 12.6. The second-order valence-electron chi connectivity index (χ2n) is 7.76. The molecule has 1 aliphatic rings. The van der Waals surface area contributed by atoms with Crippen LogP contribution in [0.15, 0.2) is 47.3 Å². The Morgan fingerprint density at radius 3 is 2.58 bits per heavy atom. The lowest BCUT2D eigenvalue weighted by Gasteiger charge is -2.22. The lowest BCUT2D eigenvalue weighted by atomic mass is 10.0. The number of pyridine rings is 1. The van der Waals surface area contributed by atoms with E-state index in [2.05, 4.69) is 4.98 Å². The maximum absolute atomic E-state index is 12.6. The fraction of sp³-hybridized carbons (Fsp3) is 0.333. The number of carbonyl (C=O) groups is 1. The fourth-order valence-corrected chi connectivity index (χ4v) is 3.67. The number of aromatic nitrogens is 1. The van der Waals surface area contributed by atoms with Crippen molar-refractivity contribution < 1.29 is 24.1 Å². The lowest BCUT2D eigenvalue weighted by molar-refractivity contribution is 0.0497. The monoisotopic (exact) mass is 423 g/mol. The third-order valence-corrected chi connectivity index (χ3v) is 5.59. The number of aromatic carboxylic acids is 1. The first-order valence-corrected chi connectivity index (χ1v) is 10.3. The van der Waals surface area contributed by atoms with E-state index in [1.807, 2.05) is 18.2 Å². The van der Waals surface area contributed by atoms with Crippen LogP contribution in [0.2, 0.25) is 0 Å². The molecule has 1 saturated heterocycles. The summed E-state index contributed by atoms with van der Waals surface area (Å²) in [6.07, 6.45) is 1.85. The normalized spacial score (nSPS) is 14.5. The molecule has 2 N–H and O–H groups in total. The number of hydrogen-bond acceptors (Lipinski definition) is 5. The number of para-hydroxylation sites is 1. The molecule has 1 aromatic heterocycles. The molecule has 2 heterocycles. The number of nitrogens with one attached hydrogen (secondary N) is 1. The molecule has 0 bridgehead atoms. The van der Waals surface area contributed by atoms with Crippen molar-refractivity contribution in [2.45, 2.75) is 26.4 Å². The summed E-state index contributed by atoms with van der Waals surface area (Å²) in [6, 6.07) is 11.9. The quantitative estimate of drug-likeness (QED) is 0.598. The van der Waals surface area contributed by atoms with Crippen molar-refractivity contribution in [1.29, 1.82) is 0 Å². The number of rotatable bonds is 7. The molecule has 4 rings (SSSR count). The molecule has 3 aromatic rings. The molecule has 0 atom stereocenters. The van der Waals surface area contributed by atoms with Crippen molar-refractivity contribution in [1.82, 2.24) is 4.98 Å². The molecule has 31 heavy (non-hydrogen) atoms. The number of carboxylic acid groups (broad SMARTS) is 1. The summed E-state index contributed by atoms with van der Waals surface area (Å²) in [7, 11) is 0. The molecular weight excluding hydrogens is 398 g/mol. The van der Waals surface area contributed by atoms with Crippen molar-refractivity contribution in [3.63, 3.8) is 0 Å². The van der Waals surface area contributed by atoms with Crippen LogP contribution in [0.5, 0.6) is 11.5 Å². The van der Waals surface area contributed by atoms with E-state index >= 15 is 0 Å². The van der Waals surface area contributed by atoms with Crippen LogP contribution in [-0.4, -0.2) is 35.9 Å². The highest BCUT2D eigenvalue weighted by Gasteiger charge is 2.16. The Hall–Kier alpha value is -3.32. The minimum atomic E-state index is -1.06. The van der Waals surface area contributed by atoms with E-state index < -0.39 is 5.97 Å². The van der Waals surface area contributed by atoms with Crippen LogP contribution in [0.1, 0.15) is 34.5 Å². The van der Waals surface area contributed by atoms with Crippen LogP contribution in [0, 0.1) is 12.8 Å². The summed E-state index contributed by atoms with van der Waals surface area (Å²) >= 11 is 0. The van der Waals surface area contributed by atoms with E-state index in [1.165, 1.54) is 12.1 Å². The molecule has 0 amide bonds. The smallest absolute Gasteiger partial charge is 0.335 e. The number of benzene rings is 2. The molecule has 0 saturated carbocycles. The van der Waals surface area contributed by atoms with Gasteiger partial charge in [0, 0.05) is 35.7 Å². The van der Waals surface area contributed by atoms with Gasteiger partial charge in [0.05, 0.1) is 17.9 Å². The average Bonchev–Trinajstić information content (AvgIpc) is 2.79. The highest BCUT2D eigenvalue weighted by atomic mass is 16.5. The third-order valence-electron chi connectivity index (χ3n) is 5.59. The zero-order valence-electron chi connectivity index (χ0n) is 17.3. The Morgan fingerprint density at radius 2 is 1.84 bits per heavy atom. The number of ether oxygens (including phenoxy) is 3. The van der Waals surface area contributed by atoms with Gasteiger partial charge in [0.2, 0.25) is 0 Å². The summed E-state index contributed by atoms with van der Waals surface area (Å²) in [5.74, 6) is 0.147. The maximum Gasteiger partial charge on any atom is 0.335 e. The first-order chi connectivity index (χ1) is 15.0. The minimum absolute atomic E-state index is 0.0484. The molecule has 162 valence electrons. The minimum Gasteiger partial charge on any atom is -0.493 e. The first-order valence-electron chi connectivity index (χ1n) is 10.3. The molecule has 7 nitrogen and oxygen atoms in total. The van der Waals surface area contributed by atoms with E-state index in [1.54, 1.807) is 19.1 Å². The Bertz CT molecular complexity index is 1150. The first kappa shape index (κ1) is 20.9. The Balaban J connectivity index is 1.53. The zero-order chi connectivity index (χ0) is 21.8. The predicted octanol–water partition coefficient (Wildman–Crippen LogP) is 3.92. The van der Waals surface area contributed by atoms with Gasteiger partial charge < -0.3 is 24.3 Å². The standard InChI is InChI=1S/C24H25NO6/c1-15-22(25-21-5-3-2-4-20(21)23(15)26)14-31-19-11-17(24(27)28)10-18(12-19)30-13-16-6-8-29-9-7-16/h2-5,10-12,16H,6-9,13-14H2,1H3,(H,25,26)(H,27,28). The van der Waals surface area contributed by atoms with Gasteiger partial charge >= 0.3 is 5.97 Å². The second-order valence-corrected chi connectivity index (χ2v) is 7.76. The Labute approximate surface area is 179 Å². The molecule has 7 heteroatoms. The predicted molar refractivity (Wildman–Crippen MR) is 116 cm³/mol. The van der Waals surface area contributed by atoms with E-state index in [0.717, 1.165) is 31.6 Å². The van der Waals surface area contributed by atoms with E-state index in [4.69, 9.17) is 14.2 Å². The lowest BCUT2D eigenvalue weighted by Crippen LogP contribution is -2.21. The molecule has 1 fully saturated rings. The van der Waals surface area contributed by atoms with Gasteiger partial charge in [0.1, 0.15) is 18.1 Å². The molecule has 0 radical (unpaired) electrons. The van der Waals surface area contributed by atoms with Gasteiger partial charge in [-0.3, -0.25) is 4.79 Å². The van der Waals surface area contributed by atoms with Gasteiger partial charge in [-0.25, -0.2) is 4.79 Å². The molecule has 1 aliphatic heterocycles. The van der Waals surface area contributed by atoms with E-state index in [0.29, 0.717) is 40.7 Å². The molecular formula is C24H25NO6. The van der Waals surface area contributed by atoms with Crippen LogP contribution in [0.25, 0.3) is 10.9 Å². The van der Waals surface area contributed by atoms with E-state index in [-0.39, 0.29) is 17.6 Å². The van der Waals surface area contributed by atoms with Gasteiger partial charge in [0.15, 0.2) is 5.43 Å². The highest BCUT2D eigenvalue weighted by Crippen LogP contribution is 2.26. The van der Waals surface area contributed by atoms with Gasteiger partial charge in [-0.05, 0) is 49.9 Å². The van der Waals surface area contributed by atoms with Crippen LogP contribution in [-0.2, 0) is 11.3 Å². The second kappa shape index (κ2) is 9.22. The van der Waals surface area contributed by atoms with Gasteiger partial charge in [-0.15, -0.1) is 0 Å². The SMILES string of the molecule is Cc1c(COc2cc(OCC3CCOCC3)cc(C(=O)O)c2)[nH]c2ccccc2c1=O. The van der Waals surface area contributed by atoms with Crippen molar-refractivity contribution >= 4 is 16.9 Å². The Kier molecular flexibility index (Phi) is 6.23. The van der Waals surface area contributed by atoms with Gasteiger partial charge in [-0.2, -0.15) is 0 Å². The third kappa shape index (κ3) is 4.88. The largest absolute Gasteiger partial charge is 0.493 e. The summed E-state index contributed by atoms with van der Waals surface area (Å²) < 4.78 is 17.1. The van der Waals surface area contributed by atoms with Crippen molar-refractivity contribution in [2.75, 3.05) is 19.8 Å². The zero-order valence-corrected chi connectivity index (χ0v) is 17.3. The van der Waals surface area contributed by atoms with Crippen molar-refractivity contribution in [3.8, 4) is 11.5 Å². The van der Waals surface area contributed by atoms with Crippen molar-refractivity contribution in [3.05, 3.63) is 69.5 Å². The van der Waals surface area contributed by atoms with Crippen molar-refractivity contribution in [2.24, 2.45) is 5.92 Å². The number of H-pyrrole nitrogens is 1. The summed E-state index contributed by atoms with van der Waals surface area (Å²) in [5, 5.41) is 10.1. The average molecular weight is 423 g/mol. The fourth-order valence-electron chi connectivity index (χ4n) is 3.67. The highest BCUT2D eigenvalue weighted by molar-refractivity contribution is 5.88. The van der Waals surface area contributed by atoms with Gasteiger partial charge in [0.25, 0.3) is 0 Å². The van der Waals surface area contributed by atoms with Crippen LogP contribution < -0.4 is 14.9 Å². The van der Waals surface area contributed by atoms with E-state index in [9.17, 15) is 14.7 Å². The molecule has 0 spiro atoms. The number of fused-ring (bicyclic) bond motifs is 1. The Morgan fingerprint density at radius 1 is 1.13 bits per heavy atom. The molecule has 2 aromatic carbocycles. The number of aromatic amines is 1. The summed E-state index contributed by atoms with van der Waals surface area (Å²) in [4.78, 5) is 27.4. The van der Waals surface area contributed by atoms with Crippen LogP contribution in [0.4, 0.5) is 0 Å². The number of carboxylic acids is 1. The molecule has 0 unspecified atom stereocenters.